The zero-order chi connectivity index (χ0) is 31.2. The number of piperidine rings is 1. The number of hydrogen-bond donors (Lipinski definition) is 1. The predicted octanol–water partition coefficient (Wildman–Crippen LogP) is 8.18. The SMILES string of the molecule is Cc1nc(C)c(C(OC(C)(C)C)C(=O)O)c(N2CCC(C)(C)CC2)c1-c1ccc(OCC2(c3ccc(F)cc3)CC2)cc1. The van der Waals surface area contributed by atoms with Gasteiger partial charge in [-0.15, -0.1) is 0 Å². The highest BCUT2D eigenvalue weighted by atomic mass is 19.1. The summed E-state index contributed by atoms with van der Waals surface area (Å²) in [5.41, 5.74) is 5.56. The smallest absolute Gasteiger partial charge is 0.337 e. The van der Waals surface area contributed by atoms with Gasteiger partial charge in [0.2, 0.25) is 0 Å². The van der Waals surface area contributed by atoms with Crippen molar-refractivity contribution in [2.24, 2.45) is 5.41 Å². The van der Waals surface area contributed by atoms with Crippen LogP contribution in [0.1, 0.15) is 88.9 Å². The molecule has 1 aliphatic heterocycles. The van der Waals surface area contributed by atoms with Crippen molar-refractivity contribution < 1.29 is 23.8 Å². The Morgan fingerprint density at radius 1 is 0.977 bits per heavy atom. The maximum Gasteiger partial charge on any atom is 0.337 e. The van der Waals surface area contributed by atoms with E-state index in [0.717, 1.165) is 72.6 Å². The van der Waals surface area contributed by atoms with Gasteiger partial charge in [-0.25, -0.2) is 9.18 Å². The van der Waals surface area contributed by atoms with Crippen molar-refractivity contribution in [2.75, 3.05) is 24.6 Å². The molecule has 2 heterocycles. The van der Waals surface area contributed by atoms with Gasteiger partial charge in [-0.2, -0.15) is 0 Å². The Balaban J connectivity index is 1.51. The summed E-state index contributed by atoms with van der Waals surface area (Å²) in [6, 6.07) is 14.8. The molecule has 5 rings (SSSR count). The van der Waals surface area contributed by atoms with Gasteiger partial charge in [0.05, 0.1) is 17.9 Å². The van der Waals surface area contributed by atoms with E-state index in [1.165, 1.54) is 12.1 Å². The van der Waals surface area contributed by atoms with Gasteiger partial charge in [-0.05, 0) is 101 Å². The molecule has 3 aromatic rings. The molecule has 230 valence electrons. The Kier molecular flexibility index (Phi) is 8.34. The van der Waals surface area contributed by atoms with Gasteiger partial charge in [0.25, 0.3) is 0 Å². The fourth-order valence-electron chi connectivity index (χ4n) is 6.17. The summed E-state index contributed by atoms with van der Waals surface area (Å²) in [6.45, 7) is 16.3. The molecule has 1 unspecified atom stereocenters. The van der Waals surface area contributed by atoms with E-state index in [-0.39, 0.29) is 16.6 Å². The van der Waals surface area contributed by atoms with E-state index in [4.69, 9.17) is 14.5 Å². The number of hydrogen-bond acceptors (Lipinski definition) is 5. The zero-order valence-corrected chi connectivity index (χ0v) is 26.6. The Labute approximate surface area is 255 Å². The second-order valence-electron chi connectivity index (χ2n) is 14.1. The molecule has 1 N–H and O–H groups in total. The summed E-state index contributed by atoms with van der Waals surface area (Å²) < 4.78 is 25.9. The number of carboxylic acids is 1. The molecule has 2 aromatic carbocycles. The van der Waals surface area contributed by atoms with E-state index in [9.17, 15) is 14.3 Å². The largest absolute Gasteiger partial charge is 0.493 e. The molecule has 1 saturated carbocycles. The lowest BCUT2D eigenvalue weighted by molar-refractivity contribution is -0.160. The van der Waals surface area contributed by atoms with Crippen molar-refractivity contribution in [1.29, 1.82) is 0 Å². The van der Waals surface area contributed by atoms with Gasteiger partial charge in [-0.3, -0.25) is 4.98 Å². The van der Waals surface area contributed by atoms with Crippen LogP contribution in [0, 0.1) is 25.1 Å². The summed E-state index contributed by atoms with van der Waals surface area (Å²) in [5, 5.41) is 10.4. The number of nitrogens with zero attached hydrogens (tertiary/aromatic N) is 2. The molecular formula is C36H45FN2O4. The van der Waals surface area contributed by atoms with E-state index in [2.05, 4.69) is 18.7 Å². The molecule has 1 aliphatic carbocycles. The third-order valence-electron chi connectivity index (χ3n) is 8.94. The van der Waals surface area contributed by atoms with E-state index < -0.39 is 17.7 Å². The maximum atomic E-state index is 13.5. The first kappa shape index (κ1) is 31.0. The van der Waals surface area contributed by atoms with Gasteiger partial charge >= 0.3 is 5.97 Å². The summed E-state index contributed by atoms with van der Waals surface area (Å²) in [7, 11) is 0. The van der Waals surface area contributed by atoms with Gasteiger partial charge in [0.15, 0.2) is 6.10 Å². The van der Waals surface area contributed by atoms with Gasteiger partial charge < -0.3 is 19.5 Å². The van der Waals surface area contributed by atoms with E-state index in [1.807, 2.05) is 71.0 Å². The molecule has 1 saturated heterocycles. The van der Waals surface area contributed by atoms with Crippen molar-refractivity contribution in [1.82, 2.24) is 4.98 Å². The Morgan fingerprint density at radius 3 is 2.12 bits per heavy atom. The van der Waals surface area contributed by atoms with Crippen LogP contribution < -0.4 is 9.64 Å². The van der Waals surface area contributed by atoms with Crippen LogP contribution in [-0.4, -0.2) is 41.4 Å². The van der Waals surface area contributed by atoms with Gasteiger partial charge in [0.1, 0.15) is 11.6 Å². The third-order valence-corrected chi connectivity index (χ3v) is 8.94. The minimum absolute atomic E-state index is 0.0627. The highest BCUT2D eigenvalue weighted by Gasteiger charge is 2.45. The molecular weight excluding hydrogens is 543 g/mol. The molecule has 7 heteroatoms. The number of pyridine rings is 1. The third kappa shape index (κ3) is 6.87. The van der Waals surface area contributed by atoms with Crippen molar-refractivity contribution in [3.63, 3.8) is 0 Å². The van der Waals surface area contributed by atoms with Crippen LogP contribution in [0.4, 0.5) is 10.1 Å². The fraction of sp³-hybridized carbons (Fsp3) is 0.500. The van der Waals surface area contributed by atoms with Crippen molar-refractivity contribution in [2.45, 2.75) is 91.3 Å². The lowest BCUT2D eigenvalue weighted by atomic mass is 9.82. The molecule has 0 amide bonds. The molecule has 0 radical (unpaired) electrons. The van der Waals surface area contributed by atoms with E-state index in [1.54, 1.807) is 0 Å². The van der Waals surface area contributed by atoms with Crippen LogP contribution >= 0.6 is 0 Å². The lowest BCUT2D eigenvalue weighted by Gasteiger charge is -2.41. The average molecular weight is 589 g/mol. The van der Waals surface area contributed by atoms with Crippen LogP contribution in [0.15, 0.2) is 48.5 Å². The number of rotatable bonds is 9. The zero-order valence-electron chi connectivity index (χ0n) is 26.6. The van der Waals surface area contributed by atoms with Crippen molar-refractivity contribution in [3.05, 3.63) is 76.9 Å². The Morgan fingerprint density at radius 2 is 1.58 bits per heavy atom. The first-order valence-corrected chi connectivity index (χ1v) is 15.3. The van der Waals surface area contributed by atoms with Crippen molar-refractivity contribution >= 4 is 11.7 Å². The number of carbonyl (C=O) groups is 1. The normalized spacial score (nSPS) is 18.3. The van der Waals surface area contributed by atoms with Crippen LogP contribution in [0.3, 0.4) is 0 Å². The highest BCUT2D eigenvalue weighted by molar-refractivity contribution is 5.88. The summed E-state index contributed by atoms with van der Waals surface area (Å²) in [4.78, 5) is 19.9. The highest BCUT2D eigenvalue weighted by Crippen LogP contribution is 2.49. The number of halogens is 1. The van der Waals surface area contributed by atoms with Crippen LogP contribution in [-0.2, 0) is 14.9 Å². The standard InChI is InChI=1S/C36H45FN2O4/c1-23-29(25-8-14-28(15-9-25)42-22-36(16-17-36)26-10-12-27(37)13-11-26)31(39-20-18-35(6,7)19-21-39)30(24(2)38-23)32(33(40)41)43-34(3,4)5/h8-15,32H,16-22H2,1-7H3,(H,40,41). The summed E-state index contributed by atoms with van der Waals surface area (Å²) in [6.07, 6.45) is 2.90. The summed E-state index contributed by atoms with van der Waals surface area (Å²) in [5.74, 6) is -0.490. The van der Waals surface area contributed by atoms with Crippen LogP contribution in [0.25, 0.3) is 11.1 Å². The molecule has 2 fully saturated rings. The predicted molar refractivity (Wildman–Crippen MR) is 168 cm³/mol. The number of aryl methyl sites for hydroxylation is 2. The maximum absolute atomic E-state index is 13.5. The van der Waals surface area contributed by atoms with Gasteiger partial charge in [-0.1, -0.05) is 38.1 Å². The number of aromatic nitrogens is 1. The first-order chi connectivity index (χ1) is 20.2. The molecule has 0 bridgehead atoms. The Hall–Kier alpha value is -3.45. The van der Waals surface area contributed by atoms with Crippen LogP contribution in [0.5, 0.6) is 5.75 Å². The molecule has 2 aliphatic rings. The number of carboxylic acid groups (broad SMARTS) is 1. The molecule has 43 heavy (non-hydrogen) atoms. The summed E-state index contributed by atoms with van der Waals surface area (Å²) >= 11 is 0. The quantitative estimate of drug-likeness (QED) is 0.272. The minimum atomic E-state index is -1.15. The number of benzene rings is 2. The lowest BCUT2D eigenvalue weighted by Crippen LogP contribution is -2.39. The fourth-order valence-corrected chi connectivity index (χ4v) is 6.17. The number of aliphatic carboxylic acids is 1. The topological polar surface area (TPSA) is 71.9 Å². The number of ether oxygens (including phenoxy) is 2. The van der Waals surface area contributed by atoms with Gasteiger partial charge in [0, 0.05) is 41.0 Å². The second kappa shape index (κ2) is 11.6. The van der Waals surface area contributed by atoms with Crippen molar-refractivity contribution in [3.8, 4) is 16.9 Å². The van der Waals surface area contributed by atoms with Crippen LogP contribution in [0.2, 0.25) is 0 Å². The number of anilines is 1. The molecule has 1 aromatic heterocycles. The monoisotopic (exact) mass is 588 g/mol. The Bertz CT molecular complexity index is 1460. The average Bonchev–Trinajstić information content (AvgIpc) is 3.72. The molecule has 1 atom stereocenters. The minimum Gasteiger partial charge on any atom is -0.493 e. The first-order valence-electron chi connectivity index (χ1n) is 15.3. The van der Waals surface area contributed by atoms with E-state index in [0.29, 0.717) is 17.9 Å². The molecule has 0 spiro atoms. The second-order valence-corrected chi connectivity index (χ2v) is 14.1. The molecule has 6 nitrogen and oxygen atoms in total. The van der Waals surface area contributed by atoms with E-state index >= 15 is 0 Å².